The Morgan fingerprint density at radius 1 is 0.968 bits per heavy atom. The topological polar surface area (TPSA) is 88.5 Å². The summed E-state index contributed by atoms with van der Waals surface area (Å²) in [4.78, 5) is 11.3. The zero-order valence-corrected chi connectivity index (χ0v) is 17.5. The maximum Gasteiger partial charge on any atom is 0.244 e. The molecule has 0 saturated heterocycles. The van der Waals surface area contributed by atoms with E-state index in [1.54, 1.807) is 37.3 Å². The lowest BCUT2D eigenvalue weighted by Crippen LogP contribution is -2.11. The van der Waals surface area contributed by atoms with E-state index in [0.717, 1.165) is 38.9 Å². The fraction of sp³-hybridized carbons (Fsp3) is 0.115. The molecule has 0 saturated carbocycles. The third-order valence-corrected chi connectivity index (χ3v) is 5.53. The van der Waals surface area contributed by atoms with Crippen molar-refractivity contribution >= 4 is 22.9 Å². The summed E-state index contributed by atoms with van der Waals surface area (Å²) in [6.07, 6.45) is 1.77. The van der Waals surface area contributed by atoms with Crippen LogP contribution in [0.5, 0.6) is 11.5 Å². The normalized spacial score (nSPS) is 11.7. The van der Waals surface area contributed by atoms with E-state index in [2.05, 4.69) is 4.57 Å². The second-order valence-corrected chi connectivity index (χ2v) is 7.74. The molecule has 0 unspecified atom stereocenters. The molecule has 0 aliphatic heterocycles. The molecule has 4 aromatic rings. The molecule has 0 bridgehead atoms. The number of amides is 1. The predicted molar refractivity (Wildman–Crippen MR) is 124 cm³/mol. The average Bonchev–Trinajstić information content (AvgIpc) is 3.01. The third-order valence-electron chi connectivity index (χ3n) is 5.53. The van der Waals surface area contributed by atoms with Crippen LogP contribution in [0, 0.1) is 6.92 Å². The molecule has 0 aliphatic rings. The average molecular weight is 412 g/mol. The summed E-state index contributed by atoms with van der Waals surface area (Å²) in [7, 11) is 0. The summed E-state index contributed by atoms with van der Waals surface area (Å²) < 4.78 is 2.22. The number of aromatic nitrogens is 1. The molecule has 31 heavy (non-hydrogen) atoms. The number of fused-ring (bicyclic) bond motifs is 1. The zero-order valence-electron chi connectivity index (χ0n) is 17.5. The van der Waals surface area contributed by atoms with Gasteiger partial charge in [-0.2, -0.15) is 0 Å². The van der Waals surface area contributed by atoms with E-state index in [1.807, 2.05) is 49.4 Å². The van der Waals surface area contributed by atoms with Gasteiger partial charge in [0.05, 0.1) is 5.69 Å². The summed E-state index contributed by atoms with van der Waals surface area (Å²) in [5.74, 6) is 0.0164. The number of hydrogen-bond acceptors (Lipinski definition) is 3. The highest BCUT2D eigenvalue weighted by Crippen LogP contribution is 2.36. The van der Waals surface area contributed by atoms with Gasteiger partial charge in [-0.25, -0.2) is 0 Å². The molecule has 1 amide bonds. The number of benzene rings is 3. The van der Waals surface area contributed by atoms with Gasteiger partial charge in [0.15, 0.2) is 0 Å². The van der Waals surface area contributed by atoms with E-state index in [1.165, 1.54) is 0 Å². The molecule has 1 heterocycles. The van der Waals surface area contributed by atoms with Crippen LogP contribution in [0.2, 0.25) is 0 Å². The molecule has 156 valence electrons. The number of aryl methyl sites for hydroxylation is 1. The van der Waals surface area contributed by atoms with Gasteiger partial charge >= 0.3 is 0 Å². The van der Waals surface area contributed by atoms with Crippen LogP contribution in [-0.4, -0.2) is 20.7 Å². The van der Waals surface area contributed by atoms with Crippen LogP contribution < -0.4 is 5.73 Å². The van der Waals surface area contributed by atoms with Gasteiger partial charge in [-0.3, -0.25) is 4.79 Å². The Morgan fingerprint density at radius 3 is 2.26 bits per heavy atom. The molecule has 5 heteroatoms. The van der Waals surface area contributed by atoms with Gasteiger partial charge < -0.3 is 20.5 Å². The smallest absolute Gasteiger partial charge is 0.244 e. The molecule has 0 atom stereocenters. The van der Waals surface area contributed by atoms with Crippen molar-refractivity contribution in [3.63, 3.8) is 0 Å². The monoisotopic (exact) mass is 412 g/mol. The van der Waals surface area contributed by atoms with Crippen molar-refractivity contribution in [3.05, 3.63) is 89.0 Å². The summed E-state index contributed by atoms with van der Waals surface area (Å²) in [6.45, 7) is 4.37. The van der Waals surface area contributed by atoms with Crippen molar-refractivity contribution in [1.29, 1.82) is 0 Å². The zero-order chi connectivity index (χ0) is 22.1. The maximum absolute atomic E-state index is 11.3. The highest BCUT2D eigenvalue weighted by molar-refractivity contribution is 5.96. The number of aromatic hydroxyl groups is 2. The molecule has 0 aliphatic carbocycles. The summed E-state index contributed by atoms with van der Waals surface area (Å²) >= 11 is 0. The lowest BCUT2D eigenvalue weighted by Gasteiger charge is -2.13. The van der Waals surface area contributed by atoms with Crippen molar-refractivity contribution in [2.75, 3.05) is 0 Å². The number of phenolic OH excluding ortho intramolecular Hbond substituents is 2. The first-order valence-corrected chi connectivity index (χ1v) is 10.0. The van der Waals surface area contributed by atoms with Gasteiger partial charge in [0.1, 0.15) is 11.5 Å². The Hall–Kier alpha value is -3.99. The molecule has 0 radical (unpaired) electrons. The molecule has 0 fully saturated rings. The van der Waals surface area contributed by atoms with Crippen LogP contribution in [0.15, 0.2) is 72.3 Å². The number of primary amides is 1. The molecular formula is C26H24N2O3. The summed E-state index contributed by atoms with van der Waals surface area (Å²) in [5.41, 5.74) is 11.9. The van der Waals surface area contributed by atoms with E-state index < -0.39 is 5.91 Å². The number of nitrogens with two attached hydrogens (primary N) is 1. The first-order valence-electron chi connectivity index (χ1n) is 10.0. The van der Waals surface area contributed by atoms with Gasteiger partial charge in [0.25, 0.3) is 0 Å². The lowest BCUT2D eigenvalue weighted by molar-refractivity contribution is -0.114. The number of rotatable bonds is 5. The SMILES string of the molecule is CC(=Cc1ccc(Cn2c(-c3ccc(O)cc3)c(C)c3cc(O)ccc32)cc1)C(N)=O. The highest BCUT2D eigenvalue weighted by atomic mass is 16.3. The Balaban J connectivity index is 1.80. The quantitative estimate of drug-likeness (QED) is 0.405. The summed E-state index contributed by atoms with van der Waals surface area (Å²) in [6, 6.07) is 20.5. The van der Waals surface area contributed by atoms with E-state index >= 15 is 0 Å². The third kappa shape index (κ3) is 4.03. The van der Waals surface area contributed by atoms with E-state index in [4.69, 9.17) is 5.73 Å². The van der Waals surface area contributed by atoms with E-state index in [9.17, 15) is 15.0 Å². The van der Waals surface area contributed by atoms with Crippen LogP contribution in [0.4, 0.5) is 0 Å². The Kier molecular flexibility index (Phi) is 5.26. The highest BCUT2D eigenvalue weighted by Gasteiger charge is 2.17. The van der Waals surface area contributed by atoms with Crippen LogP contribution in [-0.2, 0) is 11.3 Å². The number of nitrogens with zero attached hydrogens (tertiary/aromatic N) is 1. The minimum atomic E-state index is -0.430. The van der Waals surface area contributed by atoms with Crippen molar-refractivity contribution in [1.82, 2.24) is 4.57 Å². The van der Waals surface area contributed by atoms with Crippen LogP contribution in [0.1, 0.15) is 23.6 Å². The van der Waals surface area contributed by atoms with Crippen molar-refractivity contribution in [2.24, 2.45) is 5.73 Å². The first kappa shape index (κ1) is 20.3. The van der Waals surface area contributed by atoms with E-state index in [-0.39, 0.29) is 11.5 Å². The molecule has 0 spiro atoms. The standard InChI is InChI=1S/C26H24N2O3/c1-16(26(27)31)13-18-3-5-19(6-4-18)15-28-24-12-11-22(30)14-23(24)17(2)25(28)20-7-9-21(29)10-8-20/h3-14,29-30H,15H2,1-2H3,(H2,27,31). The minimum absolute atomic E-state index is 0.219. The van der Waals surface area contributed by atoms with Crippen molar-refractivity contribution in [3.8, 4) is 22.8 Å². The number of hydrogen-bond donors (Lipinski definition) is 3. The fourth-order valence-corrected chi connectivity index (χ4v) is 3.89. The van der Waals surface area contributed by atoms with Crippen LogP contribution in [0.3, 0.4) is 0 Å². The largest absolute Gasteiger partial charge is 0.508 e. The Morgan fingerprint density at radius 2 is 1.61 bits per heavy atom. The predicted octanol–water partition coefficient (Wildman–Crippen LogP) is 4.96. The van der Waals surface area contributed by atoms with Crippen molar-refractivity contribution in [2.45, 2.75) is 20.4 Å². The van der Waals surface area contributed by atoms with Gasteiger partial charge in [-0.05, 0) is 84.6 Å². The van der Waals surface area contributed by atoms with Gasteiger partial charge in [-0.15, -0.1) is 0 Å². The fourth-order valence-electron chi connectivity index (χ4n) is 3.89. The minimum Gasteiger partial charge on any atom is -0.508 e. The Labute approximate surface area is 180 Å². The number of phenols is 2. The molecule has 5 nitrogen and oxygen atoms in total. The number of carbonyl (C=O) groups excluding carboxylic acids is 1. The van der Waals surface area contributed by atoms with Crippen molar-refractivity contribution < 1.29 is 15.0 Å². The maximum atomic E-state index is 11.3. The molecular weight excluding hydrogens is 388 g/mol. The summed E-state index contributed by atoms with van der Waals surface area (Å²) in [5, 5.41) is 20.7. The molecule has 4 rings (SSSR count). The molecule has 1 aromatic heterocycles. The van der Waals surface area contributed by atoms with Gasteiger partial charge in [0.2, 0.25) is 5.91 Å². The number of carbonyl (C=O) groups is 1. The van der Waals surface area contributed by atoms with E-state index in [0.29, 0.717) is 12.1 Å². The second-order valence-electron chi connectivity index (χ2n) is 7.74. The second kappa shape index (κ2) is 8.03. The van der Waals surface area contributed by atoms with Gasteiger partial charge in [0, 0.05) is 23.0 Å². The van der Waals surface area contributed by atoms with Gasteiger partial charge in [-0.1, -0.05) is 24.3 Å². The van der Waals surface area contributed by atoms with Crippen LogP contribution >= 0.6 is 0 Å². The molecule has 3 aromatic carbocycles. The first-order chi connectivity index (χ1) is 14.8. The molecule has 4 N–H and O–H groups in total. The van der Waals surface area contributed by atoms with Crippen LogP contribution in [0.25, 0.3) is 28.2 Å². The Bertz CT molecular complexity index is 1300. The lowest BCUT2D eigenvalue weighted by atomic mass is 10.1.